The predicted octanol–water partition coefficient (Wildman–Crippen LogP) is 3.06. The van der Waals surface area contributed by atoms with Gasteiger partial charge in [-0.3, -0.25) is 0 Å². The van der Waals surface area contributed by atoms with Crippen LogP contribution in [0.3, 0.4) is 0 Å². The summed E-state index contributed by atoms with van der Waals surface area (Å²) in [5.74, 6) is 0.736. The van der Waals surface area contributed by atoms with Gasteiger partial charge in [0, 0.05) is 10.6 Å². The van der Waals surface area contributed by atoms with Crippen LogP contribution in [0.15, 0.2) is 54.6 Å². The number of para-hydroxylation sites is 1. The first-order valence-electron chi connectivity index (χ1n) is 6.00. The van der Waals surface area contributed by atoms with Crippen LogP contribution in [0.4, 0.5) is 0 Å². The molecule has 3 heteroatoms. The van der Waals surface area contributed by atoms with Crippen LogP contribution >= 0.6 is 8.15 Å². The van der Waals surface area contributed by atoms with E-state index in [1.165, 1.54) is 0 Å². The fraction of sp³-hybridized carbons (Fsp3) is 0.200. The molecule has 18 heavy (non-hydrogen) atoms. The minimum atomic E-state index is -1.32. The molecule has 0 aromatic heterocycles. The van der Waals surface area contributed by atoms with Gasteiger partial charge in [-0.2, -0.15) is 0 Å². The Balaban J connectivity index is 0.000000771. The van der Waals surface area contributed by atoms with Gasteiger partial charge in [-0.25, -0.2) is 0 Å². The molecule has 1 unspecified atom stereocenters. The molecule has 0 aliphatic rings. The van der Waals surface area contributed by atoms with E-state index in [1.54, 1.807) is 7.11 Å². The van der Waals surface area contributed by atoms with E-state index in [2.05, 4.69) is 0 Å². The molecule has 2 nitrogen and oxygen atoms in total. The van der Waals surface area contributed by atoms with Gasteiger partial charge in [-0.05, 0) is 12.1 Å². The average Bonchev–Trinajstić information content (AvgIpc) is 2.49. The zero-order chi connectivity index (χ0) is 13.4. The molecule has 0 aliphatic heterocycles. The number of benzene rings is 2. The third-order valence-electron chi connectivity index (χ3n) is 2.31. The Kier molecular flexibility index (Phi) is 6.42. The lowest BCUT2D eigenvalue weighted by Crippen LogP contribution is -2.13. The lowest BCUT2D eigenvalue weighted by atomic mass is 10.3. The molecule has 0 amide bonds. The number of hydrogen-bond donors (Lipinski definition) is 1. The Morgan fingerprint density at radius 1 is 0.889 bits per heavy atom. The van der Waals surface area contributed by atoms with Crippen LogP contribution in [0.25, 0.3) is 0 Å². The second-order valence-corrected chi connectivity index (χ2v) is 4.94. The topological polar surface area (TPSA) is 29.5 Å². The molecule has 2 rings (SSSR count). The van der Waals surface area contributed by atoms with Gasteiger partial charge in [-0.1, -0.05) is 56.3 Å². The number of rotatable bonds is 3. The Morgan fingerprint density at radius 2 is 1.44 bits per heavy atom. The molecule has 1 atom stereocenters. The molecule has 2 aromatic rings. The standard InChI is InChI=1S/C13H13O2P.C2H6/c1-15-12-9-5-6-10-13(12)16(14)11-7-3-2-4-8-11;1-2/h2-10,14H,1H3;1-2H3. The van der Waals surface area contributed by atoms with Crippen molar-refractivity contribution < 1.29 is 9.63 Å². The first-order valence-corrected chi connectivity index (χ1v) is 7.29. The molecule has 0 saturated carbocycles. The maximum Gasteiger partial charge on any atom is 0.129 e. The Bertz CT molecular complexity index is 457. The van der Waals surface area contributed by atoms with E-state index in [-0.39, 0.29) is 0 Å². The maximum atomic E-state index is 10.3. The maximum absolute atomic E-state index is 10.3. The van der Waals surface area contributed by atoms with Crippen molar-refractivity contribution in [2.75, 3.05) is 7.11 Å². The molecule has 0 saturated heterocycles. The zero-order valence-electron chi connectivity index (χ0n) is 11.0. The molecule has 0 fully saturated rings. The number of ether oxygens (including phenoxy) is 1. The fourth-order valence-electron chi connectivity index (χ4n) is 1.51. The lowest BCUT2D eigenvalue weighted by Gasteiger charge is -2.14. The molecule has 2 aromatic carbocycles. The number of methoxy groups -OCH3 is 1. The summed E-state index contributed by atoms with van der Waals surface area (Å²) in [6, 6.07) is 17.2. The molecule has 0 aliphatic carbocycles. The van der Waals surface area contributed by atoms with Crippen molar-refractivity contribution in [3.63, 3.8) is 0 Å². The Morgan fingerprint density at radius 3 is 2.06 bits per heavy atom. The monoisotopic (exact) mass is 262 g/mol. The first kappa shape index (κ1) is 14.7. The van der Waals surface area contributed by atoms with Crippen LogP contribution in [-0.4, -0.2) is 12.0 Å². The third-order valence-corrected chi connectivity index (χ3v) is 3.93. The SMILES string of the molecule is CC.COc1ccccc1P(O)c1ccccc1. The highest BCUT2D eigenvalue weighted by atomic mass is 31.1. The van der Waals surface area contributed by atoms with Crippen molar-refractivity contribution >= 4 is 18.8 Å². The first-order chi connectivity index (χ1) is 8.83. The van der Waals surface area contributed by atoms with Crippen molar-refractivity contribution in [1.29, 1.82) is 0 Å². The molecule has 1 N–H and O–H groups in total. The molecule has 0 radical (unpaired) electrons. The predicted molar refractivity (Wildman–Crippen MR) is 79.2 cm³/mol. The fourth-order valence-corrected chi connectivity index (χ4v) is 2.85. The summed E-state index contributed by atoms with van der Waals surface area (Å²) in [6.07, 6.45) is 0. The van der Waals surface area contributed by atoms with Crippen LogP contribution in [0.2, 0.25) is 0 Å². The van der Waals surface area contributed by atoms with Gasteiger partial charge < -0.3 is 9.63 Å². The normalized spacial score (nSPS) is 11.1. The number of hydrogen-bond acceptors (Lipinski definition) is 2. The molecule has 0 bridgehead atoms. The van der Waals surface area contributed by atoms with Gasteiger partial charge in [0.15, 0.2) is 0 Å². The van der Waals surface area contributed by atoms with Gasteiger partial charge in [0.2, 0.25) is 0 Å². The summed E-state index contributed by atoms with van der Waals surface area (Å²) in [5, 5.41) is 1.79. The molecule has 96 valence electrons. The van der Waals surface area contributed by atoms with Crippen molar-refractivity contribution in [2.45, 2.75) is 13.8 Å². The molecular weight excluding hydrogens is 243 g/mol. The Labute approximate surface area is 110 Å². The molecule has 0 heterocycles. The second kappa shape index (κ2) is 7.86. The van der Waals surface area contributed by atoms with E-state index in [0.29, 0.717) is 0 Å². The zero-order valence-corrected chi connectivity index (χ0v) is 11.9. The van der Waals surface area contributed by atoms with E-state index in [9.17, 15) is 4.89 Å². The highest BCUT2D eigenvalue weighted by Gasteiger charge is 2.14. The van der Waals surface area contributed by atoms with Gasteiger partial charge >= 0.3 is 0 Å². The van der Waals surface area contributed by atoms with Crippen molar-refractivity contribution in [2.24, 2.45) is 0 Å². The van der Waals surface area contributed by atoms with Crippen LogP contribution in [0.5, 0.6) is 5.75 Å². The van der Waals surface area contributed by atoms with Crippen molar-refractivity contribution in [1.82, 2.24) is 0 Å². The summed E-state index contributed by atoms with van der Waals surface area (Å²) in [6.45, 7) is 4.00. The van der Waals surface area contributed by atoms with Gasteiger partial charge in [-0.15, -0.1) is 0 Å². The van der Waals surface area contributed by atoms with Crippen molar-refractivity contribution in [3.05, 3.63) is 54.6 Å². The largest absolute Gasteiger partial charge is 0.496 e. The Hall–Kier alpha value is -1.37. The van der Waals surface area contributed by atoms with Crippen LogP contribution in [0.1, 0.15) is 13.8 Å². The highest BCUT2D eigenvalue weighted by molar-refractivity contribution is 7.67. The van der Waals surface area contributed by atoms with Gasteiger partial charge in [0.05, 0.1) is 15.3 Å². The lowest BCUT2D eigenvalue weighted by molar-refractivity contribution is 0.418. The van der Waals surface area contributed by atoms with E-state index in [1.807, 2.05) is 68.4 Å². The van der Waals surface area contributed by atoms with E-state index >= 15 is 0 Å². The average molecular weight is 262 g/mol. The van der Waals surface area contributed by atoms with Crippen LogP contribution < -0.4 is 15.3 Å². The van der Waals surface area contributed by atoms with Gasteiger partial charge in [0.1, 0.15) is 5.75 Å². The minimum Gasteiger partial charge on any atom is -0.496 e. The summed E-state index contributed by atoms with van der Waals surface area (Å²) in [5.41, 5.74) is 0. The van der Waals surface area contributed by atoms with Gasteiger partial charge in [0.25, 0.3) is 0 Å². The highest BCUT2D eigenvalue weighted by Crippen LogP contribution is 2.31. The smallest absolute Gasteiger partial charge is 0.129 e. The van der Waals surface area contributed by atoms with Crippen LogP contribution in [0, 0.1) is 0 Å². The summed E-state index contributed by atoms with van der Waals surface area (Å²) < 4.78 is 5.24. The third kappa shape index (κ3) is 3.56. The van der Waals surface area contributed by atoms with E-state index in [0.717, 1.165) is 16.4 Å². The molecule has 0 spiro atoms. The minimum absolute atomic E-state index is 0.736. The second-order valence-electron chi connectivity index (χ2n) is 3.32. The van der Waals surface area contributed by atoms with Crippen molar-refractivity contribution in [3.8, 4) is 5.75 Å². The molecular formula is C15H19O2P. The summed E-state index contributed by atoms with van der Waals surface area (Å²) >= 11 is 0. The van der Waals surface area contributed by atoms with Crippen LogP contribution in [-0.2, 0) is 0 Å². The van der Waals surface area contributed by atoms with E-state index in [4.69, 9.17) is 4.74 Å². The summed E-state index contributed by atoms with van der Waals surface area (Å²) in [4.78, 5) is 10.3. The quantitative estimate of drug-likeness (QED) is 0.861. The van der Waals surface area contributed by atoms with E-state index < -0.39 is 8.15 Å². The summed E-state index contributed by atoms with van der Waals surface area (Å²) in [7, 11) is 0.296.